The topological polar surface area (TPSA) is 185 Å². The van der Waals surface area contributed by atoms with Crippen LogP contribution in [0.4, 0.5) is 0 Å². The first-order valence-corrected chi connectivity index (χ1v) is 19.0. The molecule has 2 amide bonds. The summed E-state index contributed by atoms with van der Waals surface area (Å²) in [7, 11) is 0. The van der Waals surface area contributed by atoms with Gasteiger partial charge in [-0.3, -0.25) is 14.4 Å². The summed E-state index contributed by atoms with van der Waals surface area (Å²) in [6, 6.07) is 16.4. The van der Waals surface area contributed by atoms with Crippen molar-refractivity contribution >= 4 is 52.3 Å². The van der Waals surface area contributed by atoms with Crippen molar-refractivity contribution in [2.75, 3.05) is 11.5 Å². The second-order valence-electron chi connectivity index (χ2n) is 13.9. The van der Waals surface area contributed by atoms with Gasteiger partial charge in [-0.25, -0.2) is 9.59 Å². The maximum Gasteiger partial charge on any atom is 0.326 e. The van der Waals surface area contributed by atoms with Gasteiger partial charge in [0.2, 0.25) is 11.8 Å². The first-order chi connectivity index (χ1) is 23.4. The molecule has 0 aliphatic heterocycles. The molecule has 0 spiro atoms. The normalized spacial score (nSPS) is 13.0. The molecule has 288 valence electrons. The van der Waals surface area contributed by atoms with Gasteiger partial charge >= 0.3 is 17.9 Å². The fraction of sp³-hybridized carbons (Fsp3) is 0.564. The molecule has 0 bridgehead atoms. The van der Waals surface area contributed by atoms with Crippen LogP contribution in [0.3, 0.4) is 0 Å². The Kier molecular flexibility index (Phi) is 25.6. The first kappa shape index (κ1) is 49.6. The lowest BCUT2D eigenvalue weighted by atomic mass is 9.92. The van der Waals surface area contributed by atoms with Crippen LogP contribution < -0.4 is 16.4 Å². The number of halogens is 1. The summed E-state index contributed by atoms with van der Waals surface area (Å²) in [4.78, 5) is 61.9. The standard InChI is InChI=1S/C21H31NO5.C16H24N2O3.CH3I.CH4/c1-14(2)11-16(13-18(23)27-21(3,4)5)19(24)22-17(20(25)26)12-15-9-7-6-8-10-15;1-11(2)8-13(10-17)15(19)18-14(16(20)21)9-12-6-4-3-5-7-12;1-2;/h6-10,14,16-17H,11-13H2,1-5H3,(H,22,24)(H,25,26);3-7,11,13-14H,8-10,17H2,1-2H3,(H,18,19)(H,20,21);1H3;1H4/t16-,17+;13?,14-;;/m10../s1. The van der Waals surface area contributed by atoms with Crippen LogP contribution >= 0.6 is 22.6 Å². The van der Waals surface area contributed by atoms with Gasteiger partial charge in [0.1, 0.15) is 17.7 Å². The summed E-state index contributed by atoms with van der Waals surface area (Å²) in [5, 5.41) is 23.9. The van der Waals surface area contributed by atoms with E-state index in [1.165, 1.54) is 0 Å². The molecule has 12 heteroatoms. The fourth-order valence-electron chi connectivity index (χ4n) is 4.99. The Morgan fingerprint density at radius 1 is 0.706 bits per heavy atom. The quantitative estimate of drug-likeness (QED) is 0.0694. The van der Waals surface area contributed by atoms with Crippen LogP contribution in [0.1, 0.15) is 86.3 Å². The van der Waals surface area contributed by atoms with E-state index in [0.29, 0.717) is 18.8 Å². The molecule has 0 saturated heterocycles. The minimum absolute atomic E-state index is 0. The number of ether oxygens (including phenoxy) is 1. The molecule has 6 N–H and O–H groups in total. The van der Waals surface area contributed by atoms with E-state index in [4.69, 9.17) is 10.5 Å². The highest BCUT2D eigenvalue weighted by molar-refractivity contribution is 14.1. The molecule has 1 unspecified atom stereocenters. The van der Waals surface area contributed by atoms with Crippen LogP contribution in [0, 0.1) is 23.7 Å². The van der Waals surface area contributed by atoms with Crippen molar-refractivity contribution in [3.8, 4) is 0 Å². The average molecular weight is 828 g/mol. The summed E-state index contributed by atoms with van der Waals surface area (Å²) >= 11 is 2.15. The number of benzene rings is 2. The SMILES string of the molecule is C.CC(C)CC(CN)C(=O)N[C@@H](Cc1ccccc1)C(=O)O.CC(C)C[C@H](CC(=O)OC(C)(C)C)C(=O)N[C@@H](Cc1ccccc1)C(=O)O.CI. The van der Waals surface area contributed by atoms with Crippen LogP contribution in [-0.4, -0.2) is 69.1 Å². The number of nitrogens with two attached hydrogens (primary N) is 1. The number of nitrogens with one attached hydrogen (secondary N) is 2. The summed E-state index contributed by atoms with van der Waals surface area (Å²) in [6.07, 6.45) is 1.51. The summed E-state index contributed by atoms with van der Waals surface area (Å²) in [5.74, 6) is -3.77. The molecule has 11 nitrogen and oxygen atoms in total. The predicted molar refractivity (Wildman–Crippen MR) is 212 cm³/mol. The van der Waals surface area contributed by atoms with Gasteiger partial charge in [-0.05, 0) is 61.5 Å². The van der Waals surface area contributed by atoms with E-state index in [2.05, 4.69) is 33.2 Å². The van der Waals surface area contributed by atoms with Gasteiger partial charge in [0.05, 0.1) is 12.3 Å². The molecule has 51 heavy (non-hydrogen) atoms. The van der Waals surface area contributed by atoms with E-state index in [1.807, 2.05) is 93.3 Å². The van der Waals surface area contributed by atoms with Crippen LogP contribution in [0.25, 0.3) is 0 Å². The average Bonchev–Trinajstić information content (AvgIpc) is 3.03. The number of carboxylic acid groups (broad SMARTS) is 2. The number of hydrogen-bond acceptors (Lipinski definition) is 7. The lowest BCUT2D eigenvalue weighted by molar-refractivity contribution is -0.157. The number of hydrogen-bond donors (Lipinski definition) is 5. The number of esters is 1. The van der Waals surface area contributed by atoms with E-state index < -0.39 is 47.4 Å². The number of carbonyl (C=O) groups excluding carboxylic acids is 3. The van der Waals surface area contributed by atoms with Gasteiger partial charge < -0.3 is 31.3 Å². The third kappa shape index (κ3) is 22.8. The Bertz CT molecular complexity index is 1300. The molecule has 4 atom stereocenters. The van der Waals surface area contributed by atoms with Crippen LogP contribution in [0.5, 0.6) is 0 Å². The zero-order valence-corrected chi connectivity index (χ0v) is 32.9. The summed E-state index contributed by atoms with van der Waals surface area (Å²) in [5.41, 5.74) is 6.68. The highest BCUT2D eigenvalue weighted by atomic mass is 127. The molecule has 0 heterocycles. The Hall–Kier alpha value is -3.52. The first-order valence-electron chi connectivity index (χ1n) is 16.9. The van der Waals surface area contributed by atoms with Crippen molar-refractivity contribution in [2.45, 2.75) is 106 Å². The zero-order valence-electron chi connectivity index (χ0n) is 30.8. The third-order valence-electron chi connectivity index (χ3n) is 7.17. The lowest BCUT2D eigenvalue weighted by Crippen LogP contribution is -2.46. The van der Waals surface area contributed by atoms with Crippen molar-refractivity contribution < 1.29 is 38.9 Å². The molecule has 0 radical (unpaired) electrons. The molecule has 0 aliphatic carbocycles. The van der Waals surface area contributed by atoms with Gasteiger partial charge in [-0.15, -0.1) is 0 Å². The van der Waals surface area contributed by atoms with Crippen molar-refractivity contribution in [3.63, 3.8) is 0 Å². The molecular formula is C39H62IN3O8. The van der Waals surface area contributed by atoms with E-state index in [0.717, 1.165) is 11.1 Å². The molecular weight excluding hydrogens is 765 g/mol. The number of carboxylic acids is 2. The number of aliphatic carboxylic acids is 2. The predicted octanol–water partition coefficient (Wildman–Crippen LogP) is 6.30. The molecule has 2 aromatic carbocycles. The number of alkyl halides is 1. The monoisotopic (exact) mass is 827 g/mol. The third-order valence-corrected chi connectivity index (χ3v) is 7.17. The van der Waals surface area contributed by atoms with Crippen molar-refractivity contribution in [3.05, 3.63) is 71.8 Å². The minimum Gasteiger partial charge on any atom is -0.480 e. The van der Waals surface area contributed by atoms with E-state index in [9.17, 15) is 34.2 Å². The maximum atomic E-state index is 12.7. The minimum atomic E-state index is -1.10. The van der Waals surface area contributed by atoms with Crippen molar-refractivity contribution in [2.24, 2.45) is 29.4 Å². The number of rotatable bonds is 17. The molecule has 0 fully saturated rings. The molecule has 0 aromatic heterocycles. The molecule has 2 aromatic rings. The Morgan fingerprint density at radius 2 is 1.06 bits per heavy atom. The Labute approximate surface area is 319 Å². The smallest absolute Gasteiger partial charge is 0.326 e. The Balaban J connectivity index is 0. The van der Waals surface area contributed by atoms with Crippen molar-refractivity contribution in [1.29, 1.82) is 0 Å². The maximum absolute atomic E-state index is 12.7. The van der Waals surface area contributed by atoms with Gasteiger partial charge in [0, 0.05) is 25.3 Å². The van der Waals surface area contributed by atoms with Crippen LogP contribution in [0.15, 0.2) is 60.7 Å². The highest BCUT2D eigenvalue weighted by Gasteiger charge is 2.30. The van der Waals surface area contributed by atoms with Gasteiger partial charge in [-0.1, -0.05) is 118 Å². The lowest BCUT2D eigenvalue weighted by Gasteiger charge is -2.24. The van der Waals surface area contributed by atoms with E-state index >= 15 is 0 Å². The van der Waals surface area contributed by atoms with Crippen LogP contribution in [-0.2, 0) is 41.6 Å². The van der Waals surface area contributed by atoms with Crippen molar-refractivity contribution in [1.82, 2.24) is 10.6 Å². The Morgan fingerprint density at radius 3 is 1.37 bits per heavy atom. The molecule has 2 rings (SSSR count). The number of amides is 2. The largest absolute Gasteiger partial charge is 0.480 e. The van der Waals surface area contributed by atoms with Gasteiger partial charge in [0.15, 0.2) is 0 Å². The fourth-order valence-corrected chi connectivity index (χ4v) is 4.99. The zero-order chi connectivity index (χ0) is 38.4. The van der Waals surface area contributed by atoms with Gasteiger partial charge in [-0.2, -0.15) is 0 Å². The van der Waals surface area contributed by atoms with Gasteiger partial charge in [0.25, 0.3) is 0 Å². The molecule has 0 aliphatic rings. The highest BCUT2D eigenvalue weighted by Crippen LogP contribution is 2.20. The summed E-state index contributed by atoms with van der Waals surface area (Å²) < 4.78 is 5.31. The number of carbonyl (C=O) groups is 5. The second-order valence-corrected chi connectivity index (χ2v) is 13.9. The second kappa shape index (κ2) is 26.3. The van der Waals surface area contributed by atoms with E-state index in [-0.39, 0.29) is 51.0 Å². The van der Waals surface area contributed by atoms with E-state index in [1.54, 1.807) is 20.8 Å². The van der Waals surface area contributed by atoms with Crippen LogP contribution in [0.2, 0.25) is 0 Å². The summed E-state index contributed by atoms with van der Waals surface area (Å²) in [6.45, 7) is 13.4. The molecule has 0 saturated carbocycles.